The molecule has 0 atom stereocenters. The summed E-state index contributed by atoms with van der Waals surface area (Å²) in [6.45, 7) is 2.62. The third-order valence-corrected chi connectivity index (χ3v) is 6.33. The second kappa shape index (κ2) is 13.3. The highest BCUT2D eigenvalue weighted by Gasteiger charge is 2.13. The summed E-state index contributed by atoms with van der Waals surface area (Å²) >= 11 is 0. The van der Waals surface area contributed by atoms with E-state index in [2.05, 4.69) is 19.1 Å². The number of rotatable bonds is 12. The Hall–Kier alpha value is -4.25. The van der Waals surface area contributed by atoms with Crippen molar-refractivity contribution in [1.29, 1.82) is 0 Å². The van der Waals surface area contributed by atoms with Crippen LogP contribution in [0.2, 0.25) is 0 Å². The summed E-state index contributed by atoms with van der Waals surface area (Å²) in [4.78, 5) is 12.0. The SMILES string of the molecule is CCCCCCOC(=O)C=Cc1ccc(Oc2c(-c3ccc(OC)cc3)ccc3cc(OC)ccc23)cc1. The van der Waals surface area contributed by atoms with Gasteiger partial charge in [-0.05, 0) is 77.5 Å². The van der Waals surface area contributed by atoms with E-state index < -0.39 is 0 Å². The molecule has 0 bridgehead atoms. The molecule has 0 aliphatic carbocycles. The maximum Gasteiger partial charge on any atom is 0.330 e. The van der Waals surface area contributed by atoms with Crippen molar-refractivity contribution in [3.05, 3.63) is 90.5 Å². The molecule has 0 heterocycles. The van der Waals surface area contributed by atoms with Crippen LogP contribution in [0.5, 0.6) is 23.0 Å². The summed E-state index contributed by atoms with van der Waals surface area (Å²) in [5, 5.41) is 1.99. The first kappa shape index (κ1) is 26.8. The van der Waals surface area contributed by atoms with Gasteiger partial charge in [-0.15, -0.1) is 0 Å². The van der Waals surface area contributed by atoms with Crippen molar-refractivity contribution in [3.63, 3.8) is 0 Å². The van der Waals surface area contributed by atoms with Gasteiger partial charge in [0.25, 0.3) is 0 Å². The Bertz CT molecular complexity index is 1370. The predicted octanol–water partition coefficient (Wildman–Crippen LogP) is 8.45. The largest absolute Gasteiger partial charge is 0.497 e. The molecular formula is C33H34O5. The molecular weight excluding hydrogens is 476 g/mol. The molecule has 5 heteroatoms. The third-order valence-electron chi connectivity index (χ3n) is 6.33. The Morgan fingerprint density at radius 3 is 2.18 bits per heavy atom. The van der Waals surface area contributed by atoms with E-state index in [1.54, 1.807) is 20.3 Å². The molecule has 0 unspecified atom stereocenters. The number of ether oxygens (including phenoxy) is 4. The maximum atomic E-state index is 12.0. The second-order valence-corrected chi connectivity index (χ2v) is 8.99. The lowest BCUT2D eigenvalue weighted by Crippen LogP contribution is -2.02. The van der Waals surface area contributed by atoms with E-state index in [0.717, 1.165) is 70.4 Å². The number of carbonyl (C=O) groups excluding carboxylic acids is 1. The monoisotopic (exact) mass is 510 g/mol. The van der Waals surface area contributed by atoms with Crippen LogP contribution in [0.25, 0.3) is 28.0 Å². The molecule has 0 saturated carbocycles. The van der Waals surface area contributed by atoms with E-state index in [-0.39, 0.29) is 5.97 Å². The zero-order chi connectivity index (χ0) is 26.7. The van der Waals surface area contributed by atoms with E-state index in [0.29, 0.717) is 12.4 Å². The van der Waals surface area contributed by atoms with Gasteiger partial charge < -0.3 is 18.9 Å². The highest BCUT2D eigenvalue weighted by molar-refractivity contribution is 5.96. The molecule has 0 fully saturated rings. The Morgan fingerprint density at radius 1 is 0.763 bits per heavy atom. The smallest absolute Gasteiger partial charge is 0.330 e. The quantitative estimate of drug-likeness (QED) is 0.109. The van der Waals surface area contributed by atoms with Crippen molar-refractivity contribution >= 4 is 22.8 Å². The zero-order valence-corrected chi connectivity index (χ0v) is 22.2. The Labute approximate surface area is 224 Å². The molecule has 0 aliphatic rings. The molecule has 0 N–H and O–H groups in total. The minimum Gasteiger partial charge on any atom is -0.497 e. The minimum absolute atomic E-state index is 0.322. The number of fused-ring (bicyclic) bond motifs is 1. The molecule has 38 heavy (non-hydrogen) atoms. The fraction of sp³-hybridized carbons (Fsp3) is 0.242. The van der Waals surface area contributed by atoms with Gasteiger partial charge in [0.15, 0.2) is 0 Å². The first-order valence-corrected chi connectivity index (χ1v) is 13.0. The van der Waals surface area contributed by atoms with Crippen LogP contribution in [0, 0.1) is 0 Å². The Balaban J connectivity index is 1.54. The Kier molecular flexibility index (Phi) is 9.41. The van der Waals surface area contributed by atoms with E-state index in [1.165, 1.54) is 6.08 Å². The molecule has 196 valence electrons. The van der Waals surface area contributed by atoms with Crippen LogP contribution in [-0.4, -0.2) is 26.8 Å². The van der Waals surface area contributed by atoms with E-state index in [4.69, 9.17) is 18.9 Å². The summed E-state index contributed by atoms with van der Waals surface area (Å²) in [5.74, 6) is 2.71. The third kappa shape index (κ3) is 6.94. The second-order valence-electron chi connectivity index (χ2n) is 8.99. The van der Waals surface area contributed by atoms with Gasteiger partial charge in [-0.1, -0.05) is 56.5 Å². The van der Waals surface area contributed by atoms with Crippen LogP contribution < -0.4 is 14.2 Å². The van der Waals surface area contributed by atoms with E-state index >= 15 is 0 Å². The number of methoxy groups -OCH3 is 2. The molecule has 0 radical (unpaired) electrons. The number of benzene rings is 4. The first-order chi connectivity index (χ1) is 18.6. The Morgan fingerprint density at radius 2 is 1.47 bits per heavy atom. The molecule has 4 aromatic rings. The van der Waals surface area contributed by atoms with Gasteiger partial charge in [0.2, 0.25) is 0 Å². The van der Waals surface area contributed by atoms with Crippen molar-refractivity contribution in [2.45, 2.75) is 32.6 Å². The fourth-order valence-corrected chi connectivity index (χ4v) is 4.19. The van der Waals surface area contributed by atoms with Crippen molar-refractivity contribution in [1.82, 2.24) is 0 Å². The number of hydrogen-bond donors (Lipinski definition) is 0. The maximum absolute atomic E-state index is 12.0. The highest BCUT2D eigenvalue weighted by Crippen LogP contribution is 2.41. The standard InChI is InChI=1S/C33H34O5/c1-4-5-6-7-22-37-32(34)21-10-24-8-14-28(15-9-24)38-33-30(25-11-16-27(35-2)17-12-25)19-13-26-23-29(36-3)18-20-31(26)33/h8-21,23H,4-7,22H2,1-3H3. The van der Waals surface area contributed by atoms with Crippen LogP contribution in [0.4, 0.5) is 0 Å². The van der Waals surface area contributed by atoms with Gasteiger partial charge in [-0.25, -0.2) is 4.79 Å². The van der Waals surface area contributed by atoms with Gasteiger partial charge in [0.1, 0.15) is 23.0 Å². The van der Waals surface area contributed by atoms with Crippen LogP contribution in [-0.2, 0) is 9.53 Å². The normalized spacial score (nSPS) is 11.0. The molecule has 4 rings (SSSR count). The summed E-state index contributed by atoms with van der Waals surface area (Å²) in [6, 6.07) is 25.6. The van der Waals surface area contributed by atoms with Crippen molar-refractivity contribution < 1.29 is 23.7 Å². The molecule has 4 aromatic carbocycles. The molecule has 0 spiro atoms. The lowest BCUT2D eigenvalue weighted by atomic mass is 9.99. The highest BCUT2D eigenvalue weighted by atomic mass is 16.5. The molecule has 5 nitrogen and oxygen atoms in total. The van der Waals surface area contributed by atoms with Crippen molar-refractivity contribution in [3.8, 4) is 34.1 Å². The predicted molar refractivity (Wildman–Crippen MR) is 153 cm³/mol. The topological polar surface area (TPSA) is 54.0 Å². The van der Waals surface area contributed by atoms with Gasteiger partial charge in [-0.2, -0.15) is 0 Å². The van der Waals surface area contributed by atoms with Gasteiger partial charge in [0, 0.05) is 17.0 Å². The summed E-state index contributed by atoms with van der Waals surface area (Å²) in [5.41, 5.74) is 2.88. The van der Waals surface area contributed by atoms with Gasteiger partial charge in [-0.3, -0.25) is 0 Å². The molecule has 0 aromatic heterocycles. The van der Waals surface area contributed by atoms with Crippen molar-refractivity contribution in [2.24, 2.45) is 0 Å². The van der Waals surface area contributed by atoms with Gasteiger partial charge in [0.05, 0.1) is 20.8 Å². The fourth-order valence-electron chi connectivity index (χ4n) is 4.19. The van der Waals surface area contributed by atoms with Crippen LogP contribution in [0.3, 0.4) is 0 Å². The van der Waals surface area contributed by atoms with Crippen LogP contribution in [0.1, 0.15) is 38.2 Å². The molecule has 0 aliphatic heterocycles. The van der Waals surface area contributed by atoms with E-state index in [9.17, 15) is 4.79 Å². The van der Waals surface area contributed by atoms with Crippen molar-refractivity contribution in [2.75, 3.05) is 20.8 Å². The zero-order valence-electron chi connectivity index (χ0n) is 22.2. The average molecular weight is 511 g/mol. The number of esters is 1. The minimum atomic E-state index is -0.322. The van der Waals surface area contributed by atoms with Gasteiger partial charge >= 0.3 is 5.97 Å². The molecule has 0 saturated heterocycles. The average Bonchev–Trinajstić information content (AvgIpc) is 2.96. The lowest BCUT2D eigenvalue weighted by molar-refractivity contribution is -0.137. The lowest BCUT2D eigenvalue weighted by Gasteiger charge is -2.16. The summed E-state index contributed by atoms with van der Waals surface area (Å²) in [7, 11) is 3.32. The first-order valence-electron chi connectivity index (χ1n) is 13.0. The number of hydrogen-bond acceptors (Lipinski definition) is 5. The van der Waals surface area contributed by atoms with E-state index in [1.807, 2.05) is 66.7 Å². The van der Waals surface area contributed by atoms with Crippen LogP contribution >= 0.6 is 0 Å². The number of carbonyl (C=O) groups is 1. The molecule has 0 amide bonds. The number of unbranched alkanes of at least 4 members (excludes halogenated alkanes) is 3. The summed E-state index contributed by atoms with van der Waals surface area (Å²) < 4.78 is 22.5. The summed E-state index contributed by atoms with van der Waals surface area (Å²) in [6.07, 6.45) is 7.53. The van der Waals surface area contributed by atoms with Crippen LogP contribution in [0.15, 0.2) is 84.9 Å².